The topological polar surface area (TPSA) is 15.3 Å². The summed E-state index contributed by atoms with van der Waals surface area (Å²) in [5.41, 5.74) is 1.33. The molecule has 16 heavy (non-hydrogen) atoms. The summed E-state index contributed by atoms with van der Waals surface area (Å²) in [6.07, 6.45) is 0. The molecule has 0 aliphatic carbocycles. The average molecular weight is 285 g/mol. The highest BCUT2D eigenvalue weighted by Gasteiger charge is 2.04. The summed E-state index contributed by atoms with van der Waals surface area (Å²) in [5, 5.41) is 3.53. The normalized spacial score (nSPS) is 13.1. The van der Waals surface area contributed by atoms with Gasteiger partial charge >= 0.3 is 0 Å². The molecule has 1 aromatic rings. The molecule has 0 aromatic heterocycles. The maximum atomic E-state index is 3.53. The number of rotatable bonds is 6. The number of nitrogens with zero attached hydrogens (tertiary/aromatic N) is 1. The minimum atomic E-state index is 0.522. The summed E-state index contributed by atoms with van der Waals surface area (Å²) in [5.74, 6) is 0. The molecule has 1 atom stereocenters. The lowest BCUT2D eigenvalue weighted by Gasteiger charge is -2.20. The highest BCUT2D eigenvalue weighted by Crippen LogP contribution is 2.10. The van der Waals surface area contributed by atoms with Gasteiger partial charge in [-0.2, -0.15) is 0 Å². The SMILES string of the molecule is CCN(C)CC(C)NCc1ccc(Br)cc1. The first-order chi connectivity index (χ1) is 7.61. The van der Waals surface area contributed by atoms with Crippen molar-refractivity contribution < 1.29 is 0 Å². The predicted octanol–water partition coefficient (Wildman–Crippen LogP) is 2.88. The Morgan fingerprint density at radius 3 is 2.50 bits per heavy atom. The second-order valence-electron chi connectivity index (χ2n) is 4.26. The molecule has 0 fully saturated rings. The van der Waals surface area contributed by atoms with Crippen LogP contribution in [0.5, 0.6) is 0 Å². The van der Waals surface area contributed by atoms with Crippen molar-refractivity contribution >= 4 is 15.9 Å². The highest BCUT2D eigenvalue weighted by atomic mass is 79.9. The van der Waals surface area contributed by atoms with Crippen LogP contribution in [0, 0.1) is 0 Å². The molecular formula is C13H21BrN2. The van der Waals surface area contributed by atoms with Gasteiger partial charge in [0, 0.05) is 23.6 Å². The summed E-state index contributed by atoms with van der Waals surface area (Å²) >= 11 is 3.44. The van der Waals surface area contributed by atoms with E-state index in [9.17, 15) is 0 Å². The monoisotopic (exact) mass is 284 g/mol. The lowest BCUT2D eigenvalue weighted by Crippen LogP contribution is -2.36. The molecule has 0 saturated heterocycles. The zero-order valence-electron chi connectivity index (χ0n) is 10.3. The number of halogens is 1. The van der Waals surface area contributed by atoms with E-state index in [0.717, 1.165) is 24.1 Å². The van der Waals surface area contributed by atoms with E-state index in [0.29, 0.717) is 6.04 Å². The van der Waals surface area contributed by atoms with Crippen molar-refractivity contribution in [2.75, 3.05) is 20.1 Å². The second-order valence-corrected chi connectivity index (χ2v) is 5.18. The molecule has 2 nitrogen and oxygen atoms in total. The largest absolute Gasteiger partial charge is 0.309 e. The third-order valence-corrected chi connectivity index (χ3v) is 3.22. The Balaban J connectivity index is 2.31. The minimum absolute atomic E-state index is 0.522. The van der Waals surface area contributed by atoms with Crippen LogP contribution in [0.2, 0.25) is 0 Å². The van der Waals surface area contributed by atoms with Gasteiger partial charge in [0.1, 0.15) is 0 Å². The first-order valence-corrected chi connectivity index (χ1v) is 6.57. The molecule has 1 N–H and O–H groups in total. The fraction of sp³-hybridized carbons (Fsp3) is 0.538. The van der Waals surface area contributed by atoms with Gasteiger partial charge in [0.15, 0.2) is 0 Å². The van der Waals surface area contributed by atoms with Gasteiger partial charge in [-0.1, -0.05) is 35.0 Å². The molecule has 1 rings (SSSR count). The molecule has 0 amide bonds. The van der Waals surface area contributed by atoms with Crippen LogP contribution in [0.4, 0.5) is 0 Å². The van der Waals surface area contributed by atoms with Crippen LogP contribution < -0.4 is 5.32 Å². The van der Waals surface area contributed by atoms with Crippen molar-refractivity contribution in [3.05, 3.63) is 34.3 Å². The number of hydrogen-bond acceptors (Lipinski definition) is 2. The molecule has 90 valence electrons. The maximum Gasteiger partial charge on any atom is 0.0208 e. The van der Waals surface area contributed by atoms with Crippen molar-refractivity contribution in [1.82, 2.24) is 10.2 Å². The fourth-order valence-corrected chi connectivity index (χ4v) is 1.82. The molecule has 0 saturated carbocycles. The summed E-state index contributed by atoms with van der Waals surface area (Å²) in [4.78, 5) is 2.32. The van der Waals surface area contributed by atoms with Gasteiger partial charge in [0.25, 0.3) is 0 Å². The predicted molar refractivity (Wildman–Crippen MR) is 73.6 cm³/mol. The van der Waals surface area contributed by atoms with E-state index in [4.69, 9.17) is 0 Å². The van der Waals surface area contributed by atoms with Gasteiger partial charge in [-0.3, -0.25) is 0 Å². The molecule has 0 radical (unpaired) electrons. The molecule has 0 spiro atoms. The Bertz CT molecular complexity index is 297. The van der Waals surface area contributed by atoms with E-state index in [2.05, 4.69) is 71.3 Å². The van der Waals surface area contributed by atoms with Crippen molar-refractivity contribution in [2.45, 2.75) is 26.4 Å². The molecule has 0 bridgehead atoms. The number of benzene rings is 1. The minimum Gasteiger partial charge on any atom is -0.309 e. The fourth-order valence-electron chi connectivity index (χ4n) is 1.56. The highest BCUT2D eigenvalue weighted by molar-refractivity contribution is 9.10. The number of likely N-dealkylation sites (N-methyl/N-ethyl adjacent to an activating group) is 1. The van der Waals surface area contributed by atoms with E-state index in [1.54, 1.807) is 0 Å². The van der Waals surface area contributed by atoms with Crippen LogP contribution in [0.1, 0.15) is 19.4 Å². The Kier molecular flexibility index (Phi) is 6.03. The van der Waals surface area contributed by atoms with E-state index in [1.165, 1.54) is 5.56 Å². The van der Waals surface area contributed by atoms with E-state index in [-0.39, 0.29) is 0 Å². The zero-order chi connectivity index (χ0) is 12.0. The molecule has 3 heteroatoms. The van der Waals surface area contributed by atoms with Crippen LogP contribution in [0.3, 0.4) is 0 Å². The van der Waals surface area contributed by atoms with Crippen LogP contribution in [0.25, 0.3) is 0 Å². The molecule has 1 unspecified atom stereocenters. The third-order valence-electron chi connectivity index (χ3n) is 2.69. The van der Waals surface area contributed by atoms with Crippen molar-refractivity contribution in [3.63, 3.8) is 0 Å². The molecular weight excluding hydrogens is 264 g/mol. The van der Waals surface area contributed by atoms with Crippen LogP contribution in [-0.2, 0) is 6.54 Å². The van der Waals surface area contributed by atoms with E-state index < -0.39 is 0 Å². The molecule has 0 aliphatic rings. The third kappa shape index (κ3) is 5.10. The van der Waals surface area contributed by atoms with E-state index >= 15 is 0 Å². The maximum absolute atomic E-state index is 3.53. The quantitative estimate of drug-likeness (QED) is 0.864. The standard InChI is InChI=1S/C13H21BrN2/c1-4-16(3)10-11(2)15-9-12-5-7-13(14)8-6-12/h5-8,11,15H,4,9-10H2,1-3H3. The smallest absolute Gasteiger partial charge is 0.0208 e. The van der Waals surface area contributed by atoms with Crippen molar-refractivity contribution in [1.29, 1.82) is 0 Å². The molecule has 1 aromatic carbocycles. The number of hydrogen-bond donors (Lipinski definition) is 1. The molecule has 0 aliphatic heterocycles. The first kappa shape index (κ1) is 13.7. The average Bonchev–Trinajstić information content (AvgIpc) is 2.28. The van der Waals surface area contributed by atoms with Gasteiger partial charge in [0.05, 0.1) is 0 Å². The lowest BCUT2D eigenvalue weighted by atomic mass is 10.2. The summed E-state index contributed by atoms with van der Waals surface area (Å²) in [6, 6.07) is 8.98. The summed E-state index contributed by atoms with van der Waals surface area (Å²) in [6.45, 7) is 7.54. The van der Waals surface area contributed by atoms with Gasteiger partial charge < -0.3 is 10.2 Å². The first-order valence-electron chi connectivity index (χ1n) is 5.78. The van der Waals surface area contributed by atoms with E-state index in [1.807, 2.05) is 0 Å². The van der Waals surface area contributed by atoms with Crippen LogP contribution in [0.15, 0.2) is 28.7 Å². The Labute approximate surface area is 107 Å². The van der Waals surface area contributed by atoms with Crippen molar-refractivity contribution in [2.24, 2.45) is 0 Å². The van der Waals surface area contributed by atoms with Gasteiger partial charge in [-0.05, 0) is 38.2 Å². The van der Waals surface area contributed by atoms with Crippen LogP contribution >= 0.6 is 15.9 Å². The van der Waals surface area contributed by atoms with Crippen molar-refractivity contribution in [3.8, 4) is 0 Å². The Morgan fingerprint density at radius 2 is 1.94 bits per heavy atom. The summed E-state index contributed by atoms with van der Waals surface area (Å²) in [7, 11) is 2.15. The Morgan fingerprint density at radius 1 is 1.31 bits per heavy atom. The van der Waals surface area contributed by atoms with Gasteiger partial charge in [-0.25, -0.2) is 0 Å². The lowest BCUT2D eigenvalue weighted by molar-refractivity contribution is 0.309. The van der Waals surface area contributed by atoms with Gasteiger partial charge in [0.2, 0.25) is 0 Å². The molecule has 0 heterocycles. The second kappa shape index (κ2) is 7.05. The van der Waals surface area contributed by atoms with Gasteiger partial charge in [-0.15, -0.1) is 0 Å². The Hall–Kier alpha value is -0.380. The summed E-state index contributed by atoms with van der Waals surface area (Å²) < 4.78 is 1.13. The number of nitrogens with one attached hydrogen (secondary N) is 1. The zero-order valence-corrected chi connectivity index (χ0v) is 11.9. The van der Waals surface area contributed by atoms with Crippen LogP contribution in [-0.4, -0.2) is 31.1 Å².